The minimum atomic E-state index is 0.0436. The van der Waals surface area contributed by atoms with Crippen molar-refractivity contribution in [2.75, 3.05) is 26.2 Å². The van der Waals surface area contributed by atoms with Crippen LogP contribution in [0, 0.1) is 11.3 Å². The van der Waals surface area contributed by atoms with Crippen LogP contribution in [-0.2, 0) is 20.9 Å². The van der Waals surface area contributed by atoms with Crippen molar-refractivity contribution in [1.82, 2.24) is 14.8 Å². The summed E-state index contributed by atoms with van der Waals surface area (Å²) in [5.74, 6) is 0.450. The lowest BCUT2D eigenvalue weighted by Crippen LogP contribution is -2.46. The summed E-state index contributed by atoms with van der Waals surface area (Å²) in [5, 5.41) is 0. The summed E-state index contributed by atoms with van der Waals surface area (Å²) in [6, 6.07) is 4.12. The second-order valence-electron chi connectivity index (χ2n) is 9.54. The van der Waals surface area contributed by atoms with Crippen LogP contribution in [0.1, 0.15) is 63.9 Å². The number of piperidine rings is 1. The van der Waals surface area contributed by atoms with Gasteiger partial charge in [-0.25, -0.2) is 0 Å². The van der Waals surface area contributed by atoms with Crippen LogP contribution in [0.4, 0.5) is 0 Å². The number of aromatic nitrogens is 1. The first kappa shape index (κ1) is 21.3. The molecule has 30 heavy (non-hydrogen) atoms. The molecule has 0 aromatic carbocycles. The first-order chi connectivity index (χ1) is 14.6. The Kier molecular flexibility index (Phi) is 6.71. The van der Waals surface area contributed by atoms with E-state index in [4.69, 9.17) is 4.74 Å². The standard InChI is InChI=1S/C24H35N3O3/c1-19(28)26-13-7-21(8-14-26)23(29)27-18-24(9-3-2-4-10-24)15-22(27)17-30-16-20-5-11-25-12-6-20/h5-6,11-12,21-22H,2-4,7-10,13-18H2,1H3. The van der Waals surface area contributed by atoms with Gasteiger partial charge in [0.05, 0.1) is 19.3 Å². The van der Waals surface area contributed by atoms with E-state index in [9.17, 15) is 9.59 Å². The molecule has 0 N–H and O–H groups in total. The highest BCUT2D eigenvalue weighted by molar-refractivity contribution is 5.80. The number of nitrogens with zero attached hydrogens (tertiary/aromatic N) is 3. The van der Waals surface area contributed by atoms with E-state index in [1.54, 1.807) is 19.3 Å². The first-order valence-electron chi connectivity index (χ1n) is 11.6. The van der Waals surface area contributed by atoms with Crippen molar-refractivity contribution in [2.24, 2.45) is 11.3 Å². The van der Waals surface area contributed by atoms with Crippen molar-refractivity contribution in [3.63, 3.8) is 0 Å². The zero-order valence-corrected chi connectivity index (χ0v) is 18.2. The van der Waals surface area contributed by atoms with E-state index in [1.165, 1.54) is 32.1 Å². The molecular formula is C24H35N3O3. The van der Waals surface area contributed by atoms with Gasteiger partial charge in [-0.15, -0.1) is 0 Å². The molecule has 2 aliphatic heterocycles. The number of ether oxygens (including phenoxy) is 1. The number of carbonyl (C=O) groups is 2. The Labute approximate surface area is 180 Å². The van der Waals surface area contributed by atoms with Crippen LogP contribution < -0.4 is 0 Å². The van der Waals surface area contributed by atoms with Gasteiger partial charge in [-0.2, -0.15) is 0 Å². The van der Waals surface area contributed by atoms with Gasteiger partial charge in [0.2, 0.25) is 11.8 Å². The van der Waals surface area contributed by atoms with Crippen molar-refractivity contribution in [3.05, 3.63) is 30.1 Å². The fourth-order valence-electron chi connectivity index (χ4n) is 5.70. The quantitative estimate of drug-likeness (QED) is 0.742. The van der Waals surface area contributed by atoms with E-state index in [1.807, 2.05) is 17.0 Å². The minimum absolute atomic E-state index is 0.0436. The van der Waals surface area contributed by atoms with E-state index >= 15 is 0 Å². The molecule has 1 unspecified atom stereocenters. The zero-order valence-electron chi connectivity index (χ0n) is 18.2. The Bertz CT molecular complexity index is 724. The summed E-state index contributed by atoms with van der Waals surface area (Å²) in [6.45, 7) is 5.07. The number of amides is 2. The molecule has 0 bridgehead atoms. The molecule has 4 rings (SSSR count). The molecule has 1 atom stereocenters. The second-order valence-corrected chi connectivity index (χ2v) is 9.54. The van der Waals surface area contributed by atoms with Gasteiger partial charge in [-0.3, -0.25) is 14.6 Å². The van der Waals surface area contributed by atoms with Crippen molar-refractivity contribution < 1.29 is 14.3 Å². The van der Waals surface area contributed by atoms with E-state index in [-0.39, 0.29) is 23.8 Å². The summed E-state index contributed by atoms with van der Waals surface area (Å²) in [6.07, 6.45) is 12.6. The number of rotatable bonds is 5. The molecule has 3 aliphatic rings. The predicted octanol–water partition coefficient (Wildman–Crippen LogP) is 3.41. The average Bonchev–Trinajstić information content (AvgIpc) is 3.12. The Morgan fingerprint density at radius 1 is 1.13 bits per heavy atom. The maximum absolute atomic E-state index is 13.5. The van der Waals surface area contributed by atoms with Crippen LogP contribution in [0.5, 0.6) is 0 Å². The molecule has 6 heteroatoms. The lowest BCUT2D eigenvalue weighted by Gasteiger charge is -2.36. The fraction of sp³-hybridized carbons (Fsp3) is 0.708. The van der Waals surface area contributed by atoms with E-state index in [0.29, 0.717) is 31.7 Å². The molecule has 2 saturated heterocycles. The monoisotopic (exact) mass is 413 g/mol. The molecule has 3 heterocycles. The van der Waals surface area contributed by atoms with Gasteiger partial charge in [0.15, 0.2) is 0 Å². The molecule has 3 fully saturated rings. The predicted molar refractivity (Wildman–Crippen MR) is 115 cm³/mol. The highest BCUT2D eigenvalue weighted by Gasteiger charge is 2.47. The highest BCUT2D eigenvalue weighted by atomic mass is 16.5. The van der Waals surface area contributed by atoms with Crippen molar-refractivity contribution >= 4 is 11.8 Å². The number of hydrogen-bond acceptors (Lipinski definition) is 4. The number of carbonyl (C=O) groups excluding carboxylic acids is 2. The van der Waals surface area contributed by atoms with Gasteiger partial charge in [0, 0.05) is 44.9 Å². The average molecular weight is 414 g/mol. The fourth-order valence-corrected chi connectivity index (χ4v) is 5.70. The molecule has 6 nitrogen and oxygen atoms in total. The van der Waals surface area contributed by atoms with Crippen molar-refractivity contribution in [3.8, 4) is 0 Å². The summed E-state index contributed by atoms with van der Waals surface area (Å²) in [5.41, 5.74) is 1.41. The third-order valence-electron chi connectivity index (χ3n) is 7.43. The number of pyridine rings is 1. The normalized spacial score (nSPS) is 24.4. The first-order valence-corrected chi connectivity index (χ1v) is 11.6. The molecular weight excluding hydrogens is 378 g/mol. The molecule has 164 valence electrons. The highest BCUT2D eigenvalue weighted by Crippen LogP contribution is 2.47. The molecule has 1 saturated carbocycles. The molecule has 1 spiro atoms. The van der Waals surface area contributed by atoms with Gasteiger partial charge < -0.3 is 14.5 Å². The second kappa shape index (κ2) is 9.46. The van der Waals surface area contributed by atoms with Crippen LogP contribution in [-0.4, -0.2) is 58.9 Å². The van der Waals surface area contributed by atoms with Gasteiger partial charge in [-0.1, -0.05) is 19.3 Å². The number of hydrogen-bond donors (Lipinski definition) is 0. The maximum Gasteiger partial charge on any atom is 0.226 e. The summed E-state index contributed by atoms with van der Waals surface area (Å²) < 4.78 is 6.08. The van der Waals surface area contributed by atoms with Crippen molar-refractivity contribution in [2.45, 2.75) is 70.9 Å². The van der Waals surface area contributed by atoms with Crippen LogP contribution >= 0.6 is 0 Å². The SMILES string of the molecule is CC(=O)N1CCC(C(=O)N2CC3(CCCCC3)CC2COCc2ccncc2)CC1. The third-order valence-corrected chi connectivity index (χ3v) is 7.43. The topological polar surface area (TPSA) is 62.7 Å². The molecule has 1 aliphatic carbocycles. The molecule has 1 aromatic rings. The minimum Gasteiger partial charge on any atom is -0.375 e. The van der Waals surface area contributed by atoms with Gasteiger partial charge in [-0.05, 0) is 55.2 Å². The summed E-state index contributed by atoms with van der Waals surface area (Å²) in [4.78, 5) is 33.2. The van der Waals surface area contributed by atoms with Crippen molar-refractivity contribution in [1.29, 1.82) is 0 Å². The maximum atomic E-state index is 13.5. The van der Waals surface area contributed by atoms with Crippen LogP contribution in [0.3, 0.4) is 0 Å². The molecule has 2 amide bonds. The Morgan fingerprint density at radius 3 is 2.50 bits per heavy atom. The summed E-state index contributed by atoms with van der Waals surface area (Å²) in [7, 11) is 0. The van der Waals surface area contributed by atoms with Gasteiger partial charge >= 0.3 is 0 Å². The Hall–Kier alpha value is -1.95. The largest absolute Gasteiger partial charge is 0.375 e. The van der Waals surface area contributed by atoms with E-state index in [0.717, 1.165) is 31.4 Å². The van der Waals surface area contributed by atoms with E-state index in [2.05, 4.69) is 9.88 Å². The van der Waals surface area contributed by atoms with Crippen LogP contribution in [0.25, 0.3) is 0 Å². The third kappa shape index (κ3) is 4.85. The number of likely N-dealkylation sites (tertiary alicyclic amines) is 2. The smallest absolute Gasteiger partial charge is 0.226 e. The Balaban J connectivity index is 1.40. The molecule has 0 radical (unpaired) electrons. The van der Waals surface area contributed by atoms with E-state index < -0.39 is 0 Å². The van der Waals surface area contributed by atoms with Gasteiger partial charge in [0.1, 0.15) is 0 Å². The van der Waals surface area contributed by atoms with Crippen LogP contribution in [0.15, 0.2) is 24.5 Å². The van der Waals surface area contributed by atoms with Gasteiger partial charge in [0.25, 0.3) is 0 Å². The lowest BCUT2D eigenvalue weighted by molar-refractivity contribution is -0.142. The molecule has 1 aromatic heterocycles. The lowest BCUT2D eigenvalue weighted by atomic mass is 9.73. The summed E-state index contributed by atoms with van der Waals surface area (Å²) >= 11 is 0. The Morgan fingerprint density at radius 2 is 1.83 bits per heavy atom. The van der Waals surface area contributed by atoms with Crippen LogP contribution in [0.2, 0.25) is 0 Å². The zero-order chi connectivity index (χ0) is 21.0.